The average Bonchev–Trinajstić information content (AvgIpc) is 3.66. The molecule has 0 aliphatic heterocycles. The number of thiophene rings is 1. The van der Waals surface area contributed by atoms with Gasteiger partial charge in [-0.05, 0) is 86.2 Å². The van der Waals surface area contributed by atoms with Crippen LogP contribution in [0, 0.1) is 19.8 Å². The maximum Gasteiger partial charge on any atom is 0.111 e. The number of H-pyrrole nitrogens is 1. The maximum absolute atomic E-state index is 6.43. The molecule has 38 heavy (non-hydrogen) atoms. The molecule has 3 aromatic heterocycles. The Balaban J connectivity index is 1.34. The molecule has 1 aliphatic rings. The van der Waals surface area contributed by atoms with E-state index in [4.69, 9.17) is 10.7 Å². The topological polar surface area (TPSA) is 79.6 Å². The van der Waals surface area contributed by atoms with Crippen molar-refractivity contribution in [2.75, 3.05) is 12.3 Å². The molecule has 0 bridgehead atoms. The molecule has 1 aliphatic carbocycles. The molecular weight excluding hydrogens is 486 g/mol. The number of rotatable bonds is 10. The first kappa shape index (κ1) is 26.1. The van der Waals surface area contributed by atoms with E-state index in [9.17, 15) is 0 Å². The van der Waals surface area contributed by atoms with E-state index in [1.807, 2.05) is 30.6 Å². The van der Waals surface area contributed by atoms with Gasteiger partial charge in [0.2, 0.25) is 0 Å². The molecule has 5 rings (SSSR count). The van der Waals surface area contributed by atoms with Gasteiger partial charge in [-0.2, -0.15) is 0 Å². The fraction of sp³-hybridized carbons (Fsp3) is 0.312. The quantitative estimate of drug-likeness (QED) is 0.151. The predicted molar refractivity (Wildman–Crippen MR) is 160 cm³/mol. The van der Waals surface area contributed by atoms with Gasteiger partial charge in [0.15, 0.2) is 0 Å². The van der Waals surface area contributed by atoms with E-state index in [-0.39, 0.29) is 0 Å². The van der Waals surface area contributed by atoms with Crippen LogP contribution in [0.5, 0.6) is 0 Å². The number of nitrogen functional groups attached to an aromatic ring is 1. The molecule has 4 N–H and O–H groups in total. The zero-order chi connectivity index (χ0) is 26.5. The largest absolute Gasteiger partial charge is 0.398 e. The zero-order valence-electron chi connectivity index (χ0n) is 22.4. The van der Waals surface area contributed by atoms with E-state index in [1.165, 1.54) is 41.0 Å². The molecule has 6 heteroatoms. The Bertz CT molecular complexity index is 1440. The van der Waals surface area contributed by atoms with Crippen molar-refractivity contribution in [3.8, 4) is 11.1 Å². The Kier molecular flexibility index (Phi) is 8.20. The van der Waals surface area contributed by atoms with Crippen molar-refractivity contribution in [3.63, 3.8) is 0 Å². The number of nitrogens with two attached hydrogens (primary N) is 1. The number of allylic oxidation sites excluding steroid dienone is 2. The molecule has 1 aromatic carbocycles. The standard InChI is InChI=1S/C32H37N5S/c1-4-7-28(30-13-10-21(2)38-30)32-22(3)36-31(37-32)16-26-15-25(11-12-29(26)33)27-14-24(19-35-20-27)18-34-17-23-8-5-6-9-23/h4,7,10-15,19-20,23,34H,1,5-6,8-9,16-18,33H2,2-3H3,(H,36,37)/b28-7-. The summed E-state index contributed by atoms with van der Waals surface area (Å²) in [6, 6.07) is 12.8. The molecule has 0 atom stereocenters. The Labute approximate surface area is 230 Å². The first-order chi connectivity index (χ1) is 18.5. The minimum absolute atomic E-state index is 0.626. The van der Waals surface area contributed by atoms with Gasteiger partial charge in [-0.25, -0.2) is 4.98 Å². The highest BCUT2D eigenvalue weighted by molar-refractivity contribution is 7.13. The summed E-state index contributed by atoms with van der Waals surface area (Å²) in [5.41, 5.74) is 14.7. The molecule has 0 radical (unpaired) electrons. The van der Waals surface area contributed by atoms with Crippen LogP contribution in [-0.2, 0) is 13.0 Å². The lowest BCUT2D eigenvalue weighted by molar-refractivity contribution is 0.489. The fourth-order valence-electron chi connectivity index (χ4n) is 5.34. The van der Waals surface area contributed by atoms with Gasteiger partial charge >= 0.3 is 0 Å². The number of hydrogen-bond acceptors (Lipinski definition) is 5. The van der Waals surface area contributed by atoms with Crippen LogP contribution in [0.2, 0.25) is 0 Å². The third-order valence-electron chi connectivity index (χ3n) is 7.35. The Hall–Kier alpha value is -3.48. The molecule has 0 unspecified atom stereocenters. The van der Waals surface area contributed by atoms with Crippen LogP contribution in [0.1, 0.15) is 63.8 Å². The summed E-state index contributed by atoms with van der Waals surface area (Å²) in [6.07, 6.45) is 13.8. The van der Waals surface area contributed by atoms with Crippen LogP contribution in [0.3, 0.4) is 0 Å². The lowest BCUT2D eigenvalue weighted by Gasteiger charge is -2.12. The summed E-state index contributed by atoms with van der Waals surface area (Å²) >= 11 is 1.77. The highest BCUT2D eigenvalue weighted by Crippen LogP contribution is 2.31. The number of benzene rings is 1. The molecule has 0 amide bonds. The first-order valence-corrected chi connectivity index (χ1v) is 14.3. The minimum Gasteiger partial charge on any atom is -0.398 e. The van der Waals surface area contributed by atoms with Crippen LogP contribution in [-0.4, -0.2) is 21.5 Å². The normalized spacial score (nSPS) is 14.3. The molecule has 3 heterocycles. The van der Waals surface area contributed by atoms with Crippen molar-refractivity contribution in [3.05, 3.63) is 106 Å². The second kappa shape index (κ2) is 11.9. The number of aromatic amines is 1. The SMILES string of the molecule is C=C/C=C(/c1ccc(C)s1)c1nc(Cc2cc(-c3cncc(CNCC4CCCC4)c3)ccc2N)[nH]c1C. The van der Waals surface area contributed by atoms with Crippen molar-refractivity contribution in [2.45, 2.75) is 52.5 Å². The van der Waals surface area contributed by atoms with E-state index in [0.717, 1.165) is 64.2 Å². The molecule has 5 nitrogen and oxygen atoms in total. The predicted octanol–water partition coefficient (Wildman–Crippen LogP) is 7.22. The van der Waals surface area contributed by atoms with Gasteiger partial charge in [0.1, 0.15) is 5.82 Å². The van der Waals surface area contributed by atoms with Crippen LogP contribution in [0.25, 0.3) is 16.7 Å². The summed E-state index contributed by atoms with van der Waals surface area (Å²) in [5.74, 6) is 1.72. The van der Waals surface area contributed by atoms with E-state index < -0.39 is 0 Å². The van der Waals surface area contributed by atoms with Gasteiger partial charge in [0, 0.05) is 57.6 Å². The first-order valence-electron chi connectivity index (χ1n) is 13.5. The van der Waals surface area contributed by atoms with E-state index in [2.05, 4.69) is 66.0 Å². The van der Waals surface area contributed by atoms with Gasteiger partial charge in [-0.15, -0.1) is 11.3 Å². The summed E-state index contributed by atoms with van der Waals surface area (Å²) in [6.45, 7) is 10.0. The number of aryl methyl sites for hydroxylation is 2. The lowest BCUT2D eigenvalue weighted by atomic mass is 10.0. The third-order valence-corrected chi connectivity index (χ3v) is 8.38. The highest BCUT2D eigenvalue weighted by Gasteiger charge is 2.16. The summed E-state index contributed by atoms with van der Waals surface area (Å²) in [4.78, 5) is 15.5. The van der Waals surface area contributed by atoms with E-state index in [1.54, 1.807) is 11.3 Å². The molecule has 0 spiro atoms. The number of aromatic nitrogens is 3. The van der Waals surface area contributed by atoms with Gasteiger partial charge in [-0.3, -0.25) is 4.98 Å². The van der Waals surface area contributed by atoms with Crippen LogP contribution in [0.4, 0.5) is 5.69 Å². The number of hydrogen-bond donors (Lipinski definition) is 3. The summed E-state index contributed by atoms with van der Waals surface area (Å²) in [5, 5.41) is 3.63. The molecule has 196 valence electrons. The number of imidazole rings is 1. The second-order valence-corrected chi connectivity index (χ2v) is 11.6. The molecule has 4 aromatic rings. The van der Waals surface area contributed by atoms with Crippen molar-refractivity contribution in [1.82, 2.24) is 20.3 Å². The van der Waals surface area contributed by atoms with Crippen LogP contribution >= 0.6 is 11.3 Å². The number of nitrogens with one attached hydrogen (secondary N) is 2. The molecule has 0 saturated heterocycles. The summed E-state index contributed by atoms with van der Waals surface area (Å²) in [7, 11) is 0. The highest BCUT2D eigenvalue weighted by atomic mass is 32.1. The average molecular weight is 524 g/mol. The van der Waals surface area contributed by atoms with Crippen molar-refractivity contribution in [1.29, 1.82) is 0 Å². The Morgan fingerprint density at radius 1 is 1.13 bits per heavy atom. The number of anilines is 1. The van der Waals surface area contributed by atoms with E-state index >= 15 is 0 Å². The third kappa shape index (κ3) is 6.14. The monoisotopic (exact) mass is 523 g/mol. The van der Waals surface area contributed by atoms with Crippen LogP contribution in [0.15, 0.2) is 67.5 Å². The van der Waals surface area contributed by atoms with Gasteiger partial charge in [-0.1, -0.05) is 37.6 Å². The zero-order valence-corrected chi connectivity index (χ0v) is 23.2. The van der Waals surface area contributed by atoms with Gasteiger partial charge in [0.05, 0.1) is 5.69 Å². The lowest BCUT2D eigenvalue weighted by Crippen LogP contribution is -2.20. The van der Waals surface area contributed by atoms with E-state index in [0.29, 0.717) is 6.42 Å². The van der Waals surface area contributed by atoms with Crippen LogP contribution < -0.4 is 11.1 Å². The number of pyridine rings is 1. The second-order valence-electron chi connectivity index (χ2n) is 10.3. The molecular formula is C32H37N5S. The van der Waals surface area contributed by atoms with Crippen molar-refractivity contribution in [2.24, 2.45) is 5.92 Å². The Morgan fingerprint density at radius 2 is 1.97 bits per heavy atom. The smallest absolute Gasteiger partial charge is 0.111 e. The molecule has 1 fully saturated rings. The minimum atomic E-state index is 0.626. The Morgan fingerprint density at radius 3 is 2.74 bits per heavy atom. The fourth-order valence-corrected chi connectivity index (χ4v) is 6.23. The maximum atomic E-state index is 6.43. The number of nitrogens with zero attached hydrogens (tertiary/aromatic N) is 2. The van der Waals surface area contributed by atoms with Gasteiger partial charge in [0.25, 0.3) is 0 Å². The van der Waals surface area contributed by atoms with Crippen molar-refractivity contribution >= 4 is 22.6 Å². The van der Waals surface area contributed by atoms with Gasteiger partial charge < -0.3 is 16.0 Å². The summed E-state index contributed by atoms with van der Waals surface area (Å²) < 4.78 is 0. The molecule has 1 saturated carbocycles. The van der Waals surface area contributed by atoms with Crippen molar-refractivity contribution < 1.29 is 0 Å².